The molecule has 0 aliphatic heterocycles. The fourth-order valence-corrected chi connectivity index (χ4v) is 2.19. The second-order valence-corrected chi connectivity index (χ2v) is 4.92. The highest BCUT2D eigenvalue weighted by Gasteiger charge is 2.12. The first-order chi connectivity index (χ1) is 8.72. The molecule has 0 aromatic carbocycles. The van der Waals surface area contributed by atoms with Crippen LogP contribution in [0, 0.1) is 0 Å². The van der Waals surface area contributed by atoms with Crippen molar-refractivity contribution in [3.8, 4) is 0 Å². The number of rotatable bonds is 5. The van der Waals surface area contributed by atoms with E-state index in [1.165, 1.54) is 4.88 Å². The van der Waals surface area contributed by atoms with Gasteiger partial charge in [0.2, 0.25) is 5.82 Å². The predicted octanol–water partition coefficient (Wildman–Crippen LogP) is 1.32. The van der Waals surface area contributed by atoms with E-state index in [9.17, 15) is 4.79 Å². The summed E-state index contributed by atoms with van der Waals surface area (Å²) in [5.74, 6) is 0.612. The summed E-state index contributed by atoms with van der Waals surface area (Å²) in [7, 11) is 0. The van der Waals surface area contributed by atoms with Crippen LogP contribution in [0.1, 0.15) is 40.2 Å². The molecule has 96 valence electrons. The topological polar surface area (TPSA) is 83.6 Å². The molecule has 2 N–H and O–H groups in total. The number of H-pyrrole nitrogens is 1. The molecule has 2 aromatic heterocycles. The highest BCUT2D eigenvalue weighted by atomic mass is 32.1. The maximum absolute atomic E-state index is 11.7. The third-order valence-corrected chi connectivity index (χ3v) is 3.56. The van der Waals surface area contributed by atoms with Crippen molar-refractivity contribution in [2.45, 2.75) is 33.2 Å². The number of aromatic amines is 1. The van der Waals surface area contributed by atoms with Gasteiger partial charge in [-0.25, -0.2) is 9.97 Å². The molecule has 18 heavy (non-hydrogen) atoms. The lowest BCUT2D eigenvalue weighted by atomic mass is 10.4. The summed E-state index contributed by atoms with van der Waals surface area (Å²) in [5, 5.41) is 10.2. The molecule has 2 heterocycles. The van der Waals surface area contributed by atoms with E-state index < -0.39 is 0 Å². The number of nitrogens with zero attached hydrogens (tertiary/aromatic N) is 3. The molecule has 2 aromatic rings. The minimum Gasteiger partial charge on any atom is -0.343 e. The van der Waals surface area contributed by atoms with Crippen molar-refractivity contribution >= 4 is 17.2 Å². The first-order valence-corrected chi connectivity index (χ1v) is 6.67. The van der Waals surface area contributed by atoms with Crippen LogP contribution in [0.25, 0.3) is 0 Å². The second kappa shape index (κ2) is 5.72. The highest BCUT2D eigenvalue weighted by molar-refractivity contribution is 7.11. The summed E-state index contributed by atoms with van der Waals surface area (Å²) in [6.45, 7) is 4.44. The molecule has 0 saturated carbocycles. The summed E-state index contributed by atoms with van der Waals surface area (Å²) in [5.41, 5.74) is 0. The van der Waals surface area contributed by atoms with Crippen molar-refractivity contribution in [3.05, 3.63) is 27.7 Å². The van der Waals surface area contributed by atoms with Gasteiger partial charge in [-0.15, -0.1) is 16.4 Å². The Morgan fingerprint density at radius 3 is 2.89 bits per heavy atom. The van der Waals surface area contributed by atoms with Gasteiger partial charge in [-0.2, -0.15) is 0 Å². The Bertz CT molecular complexity index is 533. The molecule has 6 nitrogen and oxygen atoms in total. The average molecular weight is 265 g/mol. The maximum Gasteiger partial charge on any atom is 0.291 e. The Morgan fingerprint density at radius 1 is 1.44 bits per heavy atom. The predicted molar refractivity (Wildman–Crippen MR) is 68.4 cm³/mol. The van der Waals surface area contributed by atoms with Crippen LogP contribution in [0.2, 0.25) is 0 Å². The summed E-state index contributed by atoms with van der Waals surface area (Å²) in [6, 6.07) is 0. The number of nitrogens with one attached hydrogen (secondary N) is 2. The second-order valence-electron chi connectivity index (χ2n) is 3.72. The van der Waals surface area contributed by atoms with Crippen molar-refractivity contribution in [3.63, 3.8) is 0 Å². The Kier molecular flexibility index (Phi) is 4.03. The third-order valence-electron chi connectivity index (χ3n) is 2.42. The lowest BCUT2D eigenvalue weighted by Gasteiger charge is -1.98. The minimum atomic E-state index is -0.279. The molecule has 0 atom stereocenters. The normalized spacial score (nSPS) is 10.6. The van der Waals surface area contributed by atoms with Crippen molar-refractivity contribution in [2.75, 3.05) is 0 Å². The number of thiazole rings is 1. The molecule has 7 heteroatoms. The maximum atomic E-state index is 11.7. The van der Waals surface area contributed by atoms with Gasteiger partial charge in [0.05, 0.1) is 6.54 Å². The zero-order valence-corrected chi connectivity index (χ0v) is 11.2. The fourth-order valence-electron chi connectivity index (χ4n) is 1.38. The Balaban J connectivity index is 1.91. The van der Waals surface area contributed by atoms with Crippen molar-refractivity contribution in [1.82, 2.24) is 25.5 Å². The van der Waals surface area contributed by atoms with Gasteiger partial charge < -0.3 is 5.32 Å². The number of carbonyl (C=O) groups is 1. The largest absolute Gasteiger partial charge is 0.343 e. The Labute approximate surface area is 109 Å². The Morgan fingerprint density at radius 2 is 2.28 bits per heavy atom. The van der Waals surface area contributed by atoms with Crippen molar-refractivity contribution in [1.29, 1.82) is 0 Å². The number of hydrogen-bond acceptors (Lipinski definition) is 5. The quantitative estimate of drug-likeness (QED) is 0.854. The van der Waals surface area contributed by atoms with Crippen LogP contribution < -0.4 is 5.32 Å². The van der Waals surface area contributed by atoms with Gasteiger partial charge in [0.25, 0.3) is 5.91 Å². The van der Waals surface area contributed by atoms with E-state index >= 15 is 0 Å². The van der Waals surface area contributed by atoms with E-state index in [2.05, 4.69) is 32.4 Å². The van der Waals surface area contributed by atoms with E-state index in [0.29, 0.717) is 12.4 Å². The summed E-state index contributed by atoms with van der Waals surface area (Å²) >= 11 is 1.61. The lowest BCUT2D eigenvalue weighted by molar-refractivity contribution is 0.0941. The molecular weight excluding hydrogens is 250 g/mol. The zero-order chi connectivity index (χ0) is 13.0. The lowest BCUT2D eigenvalue weighted by Crippen LogP contribution is -2.23. The van der Waals surface area contributed by atoms with Gasteiger partial charge in [-0.3, -0.25) is 9.89 Å². The molecule has 2 rings (SSSR count). The molecule has 0 spiro atoms. The Hall–Kier alpha value is -1.76. The standard InChI is InChI=1S/C11H15N5OS/c1-3-7-5-12-9(18-7)6-13-11(17)10-14-8(4-2)15-16-10/h5H,3-4,6H2,1-2H3,(H,13,17)(H,14,15,16). The van der Waals surface area contributed by atoms with E-state index in [1.54, 1.807) is 11.3 Å². The van der Waals surface area contributed by atoms with Crippen LogP contribution in [0.3, 0.4) is 0 Å². The first kappa shape index (κ1) is 12.7. The molecule has 0 radical (unpaired) electrons. The molecule has 0 aliphatic rings. The van der Waals surface area contributed by atoms with Crippen LogP contribution in [-0.2, 0) is 19.4 Å². The average Bonchev–Trinajstić information content (AvgIpc) is 3.04. The minimum absolute atomic E-state index is 0.180. The number of aryl methyl sites for hydroxylation is 2. The molecule has 0 aliphatic carbocycles. The molecule has 1 amide bonds. The smallest absolute Gasteiger partial charge is 0.291 e. The first-order valence-electron chi connectivity index (χ1n) is 5.86. The zero-order valence-electron chi connectivity index (χ0n) is 10.4. The fraction of sp³-hybridized carbons (Fsp3) is 0.455. The van der Waals surface area contributed by atoms with E-state index in [-0.39, 0.29) is 11.7 Å². The summed E-state index contributed by atoms with van der Waals surface area (Å²) in [6.07, 6.45) is 3.53. The van der Waals surface area contributed by atoms with Crippen molar-refractivity contribution in [2.24, 2.45) is 0 Å². The summed E-state index contributed by atoms with van der Waals surface area (Å²) in [4.78, 5) is 21.3. The van der Waals surface area contributed by atoms with Gasteiger partial charge in [-0.05, 0) is 6.42 Å². The molecule has 0 fully saturated rings. The van der Waals surface area contributed by atoms with E-state index in [0.717, 1.165) is 17.8 Å². The monoisotopic (exact) mass is 265 g/mol. The molecule has 0 saturated heterocycles. The van der Waals surface area contributed by atoms with E-state index in [1.807, 2.05) is 13.1 Å². The SMILES string of the molecule is CCc1nc(C(=O)NCc2ncc(CC)s2)n[nH]1. The number of carbonyl (C=O) groups excluding carboxylic acids is 1. The number of hydrogen-bond donors (Lipinski definition) is 2. The van der Waals surface area contributed by atoms with Crippen molar-refractivity contribution < 1.29 is 4.79 Å². The number of amides is 1. The van der Waals surface area contributed by atoms with Crippen LogP contribution in [-0.4, -0.2) is 26.1 Å². The van der Waals surface area contributed by atoms with Crippen LogP contribution >= 0.6 is 11.3 Å². The molecule has 0 bridgehead atoms. The van der Waals surface area contributed by atoms with Gasteiger partial charge in [0.1, 0.15) is 10.8 Å². The van der Waals surface area contributed by atoms with Gasteiger partial charge in [0.15, 0.2) is 0 Å². The highest BCUT2D eigenvalue weighted by Crippen LogP contribution is 2.12. The molecular formula is C11H15N5OS. The molecule has 0 unspecified atom stereocenters. The van der Waals surface area contributed by atoms with E-state index in [4.69, 9.17) is 0 Å². The number of aromatic nitrogens is 4. The van der Waals surface area contributed by atoms with Crippen LogP contribution in [0.15, 0.2) is 6.20 Å². The van der Waals surface area contributed by atoms with Gasteiger partial charge >= 0.3 is 0 Å². The van der Waals surface area contributed by atoms with Crippen LogP contribution in [0.5, 0.6) is 0 Å². The third kappa shape index (κ3) is 2.92. The van der Waals surface area contributed by atoms with Crippen LogP contribution in [0.4, 0.5) is 0 Å². The van der Waals surface area contributed by atoms with Gasteiger partial charge in [0, 0.05) is 17.5 Å². The van der Waals surface area contributed by atoms with Gasteiger partial charge in [-0.1, -0.05) is 13.8 Å². The summed E-state index contributed by atoms with van der Waals surface area (Å²) < 4.78 is 0.